The molecule has 4 nitrogen and oxygen atoms in total. The van der Waals surface area contributed by atoms with Gasteiger partial charge in [-0.2, -0.15) is 0 Å². The SMILES string of the molecule is CCSc1ccc(C(=O)N(Cc2ccco2)c2nc3c(C(C)C)cccc3s2)cc1. The first-order valence-corrected chi connectivity index (χ1v) is 11.8. The Bertz CT molecular complexity index is 1130. The summed E-state index contributed by atoms with van der Waals surface area (Å²) < 4.78 is 6.62. The average molecular weight is 437 g/mol. The Morgan fingerprint density at radius 2 is 1.93 bits per heavy atom. The molecule has 0 atom stereocenters. The highest BCUT2D eigenvalue weighted by Crippen LogP contribution is 2.35. The lowest BCUT2D eigenvalue weighted by Crippen LogP contribution is -2.30. The van der Waals surface area contributed by atoms with Crippen LogP contribution in [0.15, 0.2) is 70.2 Å². The summed E-state index contributed by atoms with van der Waals surface area (Å²) in [4.78, 5) is 21.2. The van der Waals surface area contributed by atoms with Crippen LogP contribution in [-0.2, 0) is 6.54 Å². The van der Waals surface area contributed by atoms with Gasteiger partial charge in [0.15, 0.2) is 5.13 Å². The van der Waals surface area contributed by atoms with Crippen LogP contribution in [0.1, 0.15) is 48.4 Å². The Balaban J connectivity index is 1.74. The lowest BCUT2D eigenvalue weighted by Gasteiger charge is -2.19. The minimum Gasteiger partial charge on any atom is -0.467 e. The van der Waals surface area contributed by atoms with E-state index in [-0.39, 0.29) is 5.91 Å². The van der Waals surface area contributed by atoms with Gasteiger partial charge in [0.2, 0.25) is 0 Å². The zero-order valence-corrected chi connectivity index (χ0v) is 18.9. The van der Waals surface area contributed by atoms with Gasteiger partial charge in [0, 0.05) is 10.5 Å². The summed E-state index contributed by atoms with van der Waals surface area (Å²) in [6, 6.07) is 17.7. The number of hydrogen-bond acceptors (Lipinski definition) is 5. The Kier molecular flexibility index (Phi) is 6.25. The first-order chi connectivity index (χ1) is 14.6. The van der Waals surface area contributed by atoms with Crippen molar-refractivity contribution in [3.8, 4) is 0 Å². The van der Waals surface area contributed by atoms with Gasteiger partial charge in [-0.3, -0.25) is 9.69 Å². The van der Waals surface area contributed by atoms with Crippen molar-refractivity contribution in [1.29, 1.82) is 0 Å². The van der Waals surface area contributed by atoms with Gasteiger partial charge in [0.1, 0.15) is 5.76 Å². The van der Waals surface area contributed by atoms with E-state index in [1.54, 1.807) is 34.3 Å². The molecule has 0 N–H and O–H groups in total. The fourth-order valence-electron chi connectivity index (χ4n) is 3.34. The largest absolute Gasteiger partial charge is 0.467 e. The Hall–Kier alpha value is -2.57. The number of thioether (sulfide) groups is 1. The zero-order valence-electron chi connectivity index (χ0n) is 17.3. The molecule has 0 aliphatic carbocycles. The first kappa shape index (κ1) is 20.7. The molecule has 6 heteroatoms. The molecule has 0 aliphatic rings. The van der Waals surface area contributed by atoms with E-state index >= 15 is 0 Å². The minimum atomic E-state index is -0.0791. The molecule has 1 amide bonds. The molecule has 0 saturated carbocycles. The van der Waals surface area contributed by atoms with Crippen LogP contribution in [0.2, 0.25) is 0 Å². The second-order valence-electron chi connectivity index (χ2n) is 7.27. The lowest BCUT2D eigenvalue weighted by atomic mass is 10.0. The van der Waals surface area contributed by atoms with Gasteiger partial charge in [0.25, 0.3) is 5.91 Å². The lowest BCUT2D eigenvalue weighted by molar-refractivity contribution is 0.0983. The molecular formula is C24H24N2O2S2. The summed E-state index contributed by atoms with van der Waals surface area (Å²) in [7, 11) is 0. The number of amides is 1. The quantitative estimate of drug-likeness (QED) is 0.293. The summed E-state index contributed by atoms with van der Waals surface area (Å²) >= 11 is 3.30. The number of thiazole rings is 1. The number of rotatable bonds is 7. The molecule has 0 unspecified atom stereocenters. The number of furan rings is 1. The van der Waals surface area contributed by atoms with Gasteiger partial charge in [0.05, 0.1) is 23.0 Å². The molecule has 0 fully saturated rings. The molecule has 4 aromatic rings. The Morgan fingerprint density at radius 3 is 2.60 bits per heavy atom. The highest BCUT2D eigenvalue weighted by Gasteiger charge is 2.23. The highest BCUT2D eigenvalue weighted by atomic mass is 32.2. The molecule has 2 aromatic heterocycles. The second-order valence-corrected chi connectivity index (χ2v) is 9.62. The third-order valence-electron chi connectivity index (χ3n) is 4.84. The molecular weight excluding hydrogens is 412 g/mol. The number of carbonyl (C=O) groups is 1. The molecule has 30 heavy (non-hydrogen) atoms. The van der Waals surface area contributed by atoms with Crippen LogP contribution in [0.4, 0.5) is 5.13 Å². The monoisotopic (exact) mass is 436 g/mol. The van der Waals surface area contributed by atoms with E-state index in [1.165, 1.54) is 5.56 Å². The molecule has 4 rings (SSSR count). The standard InChI is InChI=1S/C24H24N2O2S2/c1-4-29-19-12-10-17(11-13-19)23(27)26(15-18-7-6-14-28-18)24-25-22-20(16(2)3)8-5-9-21(22)30-24/h5-14,16H,4,15H2,1-3H3. The smallest absolute Gasteiger partial charge is 0.260 e. The number of nitrogens with zero attached hydrogens (tertiary/aromatic N) is 2. The van der Waals surface area contributed by atoms with E-state index in [1.807, 2.05) is 36.4 Å². The van der Waals surface area contributed by atoms with Crippen LogP contribution < -0.4 is 4.90 Å². The van der Waals surface area contributed by atoms with Gasteiger partial charge < -0.3 is 4.42 Å². The van der Waals surface area contributed by atoms with Gasteiger partial charge in [-0.1, -0.05) is 44.2 Å². The first-order valence-electron chi connectivity index (χ1n) is 10.0. The molecule has 2 aromatic carbocycles. The third-order valence-corrected chi connectivity index (χ3v) is 6.78. The van der Waals surface area contributed by atoms with Gasteiger partial charge in [-0.25, -0.2) is 4.98 Å². The van der Waals surface area contributed by atoms with Crippen LogP contribution >= 0.6 is 23.1 Å². The van der Waals surface area contributed by atoms with Crippen molar-refractivity contribution in [3.05, 3.63) is 77.7 Å². The van der Waals surface area contributed by atoms with Crippen LogP contribution in [0, 0.1) is 0 Å². The zero-order chi connectivity index (χ0) is 21.1. The van der Waals surface area contributed by atoms with E-state index in [9.17, 15) is 4.79 Å². The van der Waals surface area contributed by atoms with Crippen molar-refractivity contribution < 1.29 is 9.21 Å². The van der Waals surface area contributed by atoms with Crippen molar-refractivity contribution in [2.24, 2.45) is 0 Å². The molecule has 2 heterocycles. The molecule has 154 valence electrons. The Labute approximate surface area is 184 Å². The topological polar surface area (TPSA) is 46.3 Å². The summed E-state index contributed by atoms with van der Waals surface area (Å²) in [5.74, 6) is 2.01. The van der Waals surface area contributed by atoms with Gasteiger partial charge >= 0.3 is 0 Å². The number of anilines is 1. The molecule has 0 bridgehead atoms. The molecule has 0 radical (unpaired) electrons. The van der Waals surface area contributed by atoms with E-state index in [0.29, 0.717) is 23.2 Å². The molecule has 0 aliphatic heterocycles. The fraction of sp³-hybridized carbons (Fsp3) is 0.250. The number of carbonyl (C=O) groups excluding carboxylic acids is 1. The van der Waals surface area contributed by atoms with Crippen molar-refractivity contribution in [2.75, 3.05) is 10.7 Å². The van der Waals surface area contributed by atoms with Crippen molar-refractivity contribution in [3.63, 3.8) is 0 Å². The molecule has 0 saturated heterocycles. The number of fused-ring (bicyclic) bond motifs is 1. The van der Waals surface area contributed by atoms with Crippen LogP contribution in [-0.4, -0.2) is 16.6 Å². The maximum atomic E-state index is 13.5. The summed E-state index contributed by atoms with van der Waals surface area (Å²) in [5.41, 5.74) is 2.81. The van der Waals surface area contributed by atoms with E-state index in [4.69, 9.17) is 9.40 Å². The predicted octanol–water partition coefficient (Wildman–Crippen LogP) is 6.97. The normalized spacial score (nSPS) is 11.3. The minimum absolute atomic E-state index is 0.0791. The van der Waals surface area contributed by atoms with Crippen molar-refractivity contribution >= 4 is 44.4 Å². The number of benzene rings is 2. The Morgan fingerprint density at radius 1 is 1.13 bits per heavy atom. The number of para-hydroxylation sites is 1. The fourth-order valence-corrected chi connectivity index (χ4v) is 5.00. The summed E-state index contributed by atoms with van der Waals surface area (Å²) in [5, 5.41) is 0.687. The van der Waals surface area contributed by atoms with Crippen LogP contribution in [0.25, 0.3) is 10.2 Å². The van der Waals surface area contributed by atoms with Crippen molar-refractivity contribution in [2.45, 2.75) is 38.1 Å². The van der Waals surface area contributed by atoms with E-state index < -0.39 is 0 Å². The number of aromatic nitrogens is 1. The predicted molar refractivity (Wildman–Crippen MR) is 126 cm³/mol. The maximum Gasteiger partial charge on any atom is 0.260 e. The maximum absolute atomic E-state index is 13.5. The van der Waals surface area contributed by atoms with E-state index in [0.717, 1.165) is 26.6 Å². The third kappa shape index (κ3) is 4.30. The summed E-state index contributed by atoms with van der Waals surface area (Å²) in [6.07, 6.45) is 1.63. The van der Waals surface area contributed by atoms with Gasteiger partial charge in [-0.05, 0) is 59.7 Å². The van der Waals surface area contributed by atoms with Crippen LogP contribution in [0.5, 0.6) is 0 Å². The molecule has 0 spiro atoms. The van der Waals surface area contributed by atoms with Gasteiger partial charge in [-0.15, -0.1) is 11.8 Å². The average Bonchev–Trinajstić information content (AvgIpc) is 3.41. The van der Waals surface area contributed by atoms with Crippen molar-refractivity contribution in [1.82, 2.24) is 4.98 Å². The summed E-state index contributed by atoms with van der Waals surface area (Å²) in [6.45, 7) is 6.78. The number of hydrogen-bond donors (Lipinski definition) is 0. The highest BCUT2D eigenvalue weighted by molar-refractivity contribution is 7.99. The van der Waals surface area contributed by atoms with Crippen LogP contribution in [0.3, 0.4) is 0 Å². The van der Waals surface area contributed by atoms with E-state index in [2.05, 4.69) is 39.0 Å². The second kappa shape index (κ2) is 9.06.